The van der Waals surface area contributed by atoms with Gasteiger partial charge >= 0.3 is 17.8 Å². The Balaban J connectivity index is 1.67. The van der Waals surface area contributed by atoms with Crippen molar-refractivity contribution in [3.63, 3.8) is 0 Å². The van der Waals surface area contributed by atoms with Gasteiger partial charge in [-0.3, -0.25) is 9.59 Å². The van der Waals surface area contributed by atoms with Gasteiger partial charge in [-0.2, -0.15) is 5.10 Å². The Morgan fingerprint density at radius 1 is 0.879 bits per heavy atom. The van der Waals surface area contributed by atoms with Gasteiger partial charge in [-0.05, 0) is 48.5 Å². The number of nitrogens with one attached hydrogen (secondary N) is 2. The maximum atomic E-state index is 12.5. The Hall–Kier alpha value is -2.91. The number of halogens is 4. The second kappa shape index (κ2) is 11.3. The molecule has 3 rings (SSSR count). The second-order valence-corrected chi connectivity index (χ2v) is 8.47. The number of benzene rings is 3. The molecule has 0 aliphatic rings. The van der Waals surface area contributed by atoms with Crippen LogP contribution in [0.5, 0.6) is 5.75 Å². The topological polar surface area (TPSA) is 96.9 Å². The van der Waals surface area contributed by atoms with Crippen molar-refractivity contribution in [3.05, 3.63) is 91.3 Å². The van der Waals surface area contributed by atoms with Crippen molar-refractivity contribution in [2.75, 3.05) is 5.32 Å². The highest BCUT2D eigenvalue weighted by molar-refractivity contribution is 9.10. The van der Waals surface area contributed by atoms with E-state index < -0.39 is 17.8 Å². The molecule has 0 aliphatic carbocycles. The molecule has 0 atom stereocenters. The van der Waals surface area contributed by atoms with Crippen LogP contribution in [-0.2, 0) is 9.59 Å². The van der Waals surface area contributed by atoms with Crippen molar-refractivity contribution in [1.82, 2.24) is 5.43 Å². The zero-order chi connectivity index (χ0) is 24.0. The summed E-state index contributed by atoms with van der Waals surface area (Å²) in [6, 6.07) is 15.6. The van der Waals surface area contributed by atoms with Gasteiger partial charge in [0, 0.05) is 15.7 Å². The number of rotatable bonds is 5. The first-order valence-electron chi connectivity index (χ1n) is 9.10. The largest absolute Gasteiger partial charge is 0.422 e. The molecule has 11 heteroatoms. The van der Waals surface area contributed by atoms with E-state index in [9.17, 15) is 14.4 Å². The molecule has 0 fully saturated rings. The number of ether oxygens (including phenoxy) is 1. The Morgan fingerprint density at radius 2 is 1.64 bits per heavy atom. The van der Waals surface area contributed by atoms with E-state index in [-0.39, 0.29) is 27.0 Å². The summed E-state index contributed by atoms with van der Waals surface area (Å²) in [6.07, 6.45) is 1.23. The minimum atomic E-state index is -1.03. The number of amides is 2. The molecule has 168 valence electrons. The Morgan fingerprint density at radius 3 is 2.36 bits per heavy atom. The third-order valence-electron chi connectivity index (χ3n) is 4.02. The van der Waals surface area contributed by atoms with Crippen molar-refractivity contribution in [2.45, 2.75) is 0 Å². The highest BCUT2D eigenvalue weighted by Gasteiger charge is 2.16. The molecule has 0 aromatic heterocycles. The van der Waals surface area contributed by atoms with Crippen LogP contribution in [0.2, 0.25) is 15.1 Å². The van der Waals surface area contributed by atoms with Gasteiger partial charge in [0.1, 0.15) is 5.75 Å². The molecule has 2 N–H and O–H groups in total. The van der Waals surface area contributed by atoms with Crippen LogP contribution < -0.4 is 15.5 Å². The van der Waals surface area contributed by atoms with Crippen LogP contribution in [-0.4, -0.2) is 24.0 Å². The Labute approximate surface area is 211 Å². The molecule has 3 aromatic rings. The van der Waals surface area contributed by atoms with Crippen molar-refractivity contribution in [2.24, 2.45) is 5.10 Å². The predicted molar refractivity (Wildman–Crippen MR) is 131 cm³/mol. The standard InChI is InChI=1S/C22H13BrCl3N3O4/c23-13-5-8-19(33-22(32)15-3-1-2-4-16(15)24)12(9-13)11-27-29-21(31)20(30)28-14-6-7-17(25)18(26)10-14/h1-11H,(H,28,30)(H,29,31). The summed E-state index contributed by atoms with van der Waals surface area (Å²) in [5.74, 6) is -2.49. The lowest BCUT2D eigenvalue weighted by molar-refractivity contribution is -0.136. The summed E-state index contributed by atoms with van der Waals surface area (Å²) < 4.78 is 6.09. The molecular weight excluding hydrogens is 557 g/mol. The third kappa shape index (κ3) is 6.79. The van der Waals surface area contributed by atoms with Crippen LogP contribution in [0.3, 0.4) is 0 Å². The maximum absolute atomic E-state index is 12.5. The summed E-state index contributed by atoms with van der Waals surface area (Å²) in [7, 11) is 0. The molecule has 0 unspecified atom stereocenters. The van der Waals surface area contributed by atoms with Gasteiger partial charge in [0.2, 0.25) is 0 Å². The Bertz CT molecular complexity index is 1270. The van der Waals surface area contributed by atoms with Gasteiger partial charge in [-0.1, -0.05) is 62.9 Å². The molecule has 0 spiro atoms. The number of hydrogen-bond acceptors (Lipinski definition) is 5. The van der Waals surface area contributed by atoms with Crippen LogP contribution in [0, 0.1) is 0 Å². The lowest BCUT2D eigenvalue weighted by Crippen LogP contribution is -2.32. The van der Waals surface area contributed by atoms with E-state index in [0.717, 1.165) is 0 Å². The van der Waals surface area contributed by atoms with Crippen LogP contribution in [0.15, 0.2) is 70.2 Å². The van der Waals surface area contributed by atoms with Gasteiger partial charge in [0.25, 0.3) is 0 Å². The zero-order valence-electron chi connectivity index (χ0n) is 16.4. The minimum absolute atomic E-state index is 0.168. The van der Waals surface area contributed by atoms with E-state index in [1.165, 1.54) is 30.5 Å². The molecule has 0 heterocycles. The molecule has 0 saturated carbocycles. The molecular formula is C22H13BrCl3N3O4. The van der Waals surface area contributed by atoms with Crippen molar-refractivity contribution in [1.29, 1.82) is 0 Å². The number of esters is 1. The lowest BCUT2D eigenvalue weighted by atomic mass is 10.2. The summed E-state index contributed by atoms with van der Waals surface area (Å²) in [5, 5.41) is 6.91. The fourth-order valence-electron chi connectivity index (χ4n) is 2.47. The monoisotopic (exact) mass is 567 g/mol. The highest BCUT2D eigenvalue weighted by Crippen LogP contribution is 2.25. The molecule has 0 radical (unpaired) electrons. The summed E-state index contributed by atoms with van der Waals surface area (Å²) >= 11 is 21.1. The SMILES string of the molecule is O=C(NN=Cc1cc(Br)ccc1OC(=O)c1ccccc1Cl)C(=O)Nc1ccc(Cl)c(Cl)c1. The minimum Gasteiger partial charge on any atom is -0.422 e. The van der Waals surface area contributed by atoms with Crippen LogP contribution >= 0.6 is 50.7 Å². The second-order valence-electron chi connectivity index (χ2n) is 6.33. The number of carbonyl (C=O) groups excluding carboxylic acids is 3. The zero-order valence-corrected chi connectivity index (χ0v) is 20.3. The van der Waals surface area contributed by atoms with Crippen LogP contribution in [0.1, 0.15) is 15.9 Å². The van der Waals surface area contributed by atoms with Gasteiger partial charge in [-0.25, -0.2) is 10.2 Å². The van der Waals surface area contributed by atoms with E-state index in [2.05, 4.69) is 31.8 Å². The number of carbonyl (C=O) groups is 3. The van der Waals surface area contributed by atoms with Gasteiger partial charge in [0.15, 0.2) is 0 Å². The van der Waals surface area contributed by atoms with E-state index in [1.807, 2.05) is 0 Å². The summed E-state index contributed by atoms with van der Waals surface area (Å²) in [5.41, 5.74) is 2.94. The summed E-state index contributed by atoms with van der Waals surface area (Å²) in [6.45, 7) is 0. The molecule has 2 amide bonds. The lowest BCUT2D eigenvalue weighted by Gasteiger charge is -2.09. The molecule has 0 bridgehead atoms. The molecule has 3 aromatic carbocycles. The molecule has 0 saturated heterocycles. The van der Waals surface area contributed by atoms with Crippen molar-refractivity contribution in [3.8, 4) is 5.75 Å². The van der Waals surface area contributed by atoms with E-state index in [0.29, 0.717) is 15.1 Å². The highest BCUT2D eigenvalue weighted by atomic mass is 79.9. The molecule has 7 nitrogen and oxygen atoms in total. The van der Waals surface area contributed by atoms with Crippen LogP contribution in [0.25, 0.3) is 0 Å². The van der Waals surface area contributed by atoms with E-state index >= 15 is 0 Å². The van der Waals surface area contributed by atoms with Crippen molar-refractivity contribution >= 4 is 80.4 Å². The average molecular weight is 570 g/mol. The fraction of sp³-hybridized carbons (Fsp3) is 0. The first-order valence-corrected chi connectivity index (χ1v) is 11.0. The number of anilines is 1. The first kappa shape index (κ1) is 24.7. The number of hydrazone groups is 1. The molecule has 0 aliphatic heterocycles. The first-order chi connectivity index (χ1) is 15.7. The number of nitrogens with zero attached hydrogens (tertiary/aromatic N) is 1. The van der Waals surface area contributed by atoms with Crippen LogP contribution in [0.4, 0.5) is 5.69 Å². The normalized spacial score (nSPS) is 10.7. The third-order valence-corrected chi connectivity index (χ3v) is 5.58. The average Bonchev–Trinajstić information content (AvgIpc) is 2.78. The quantitative estimate of drug-likeness (QED) is 0.135. The fourth-order valence-corrected chi connectivity index (χ4v) is 3.36. The summed E-state index contributed by atoms with van der Waals surface area (Å²) in [4.78, 5) is 36.5. The number of hydrogen-bond donors (Lipinski definition) is 2. The smallest absolute Gasteiger partial charge is 0.345 e. The maximum Gasteiger partial charge on any atom is 0.345 e. The predicted octanol–water partition coefficient (Wildman–Crippen LogP) is 5.72. The van der Waals surface area contributed by atoms with Gasteiger partial charge in [0.05, 0.1) is 26.8 Å². The van der Waals surface area contributed by atoms with E-state index in [1.54, 1.807) is 36.4 Å². The molecule has 33 heavy (non-hydrogen) atoms. The Kier molecular flexibility index (Phi) is 8.46. The van der Waals surface area contributed by atoms with Gasteiger partial charge < -0.3 is 10.1 Å². The van der Waals surface area contributed by atoms with Crippen molar-refractivity contribution < 1.29 is 19.1 Å². The van der Waals surface area contributed by atoms with Gasteiger partial charge in [-0.15, -0.1) is 0 Å². The van der Waals surface area contributed by atoms with E-state index in [4.69, 9.17) is 39.5 Å².